The number of hydrogen-bond donors (Lipinski definition) is 1. The molecule has 1 aromatic heterocycles. The minimum absolute atomic E-state index is 0.0383. The van der Waals surface area contributed by atoms with E-state index >= 15 is 0 Å². The quantitative estimate of drug-likeness (QED) is 0.672. The van der Waals surface area contributed by atoms with Crippen molar-refractivity contribution in [3.05, 3.63) is 60.0 Å². The van der Waals surface area contributed by atoms with E-state index in [1.54, 1.807) is 6.07 Å². The van der Waals surface area contributed by atoms with Crippen LogP contribution in [0.3, 0.4) is 0 Å². The third-order valence-electron chi connectivity index (χ3n) is 3.88. The molecule has 2 aromatic carbocycles. The fourth-order valence-corrected chi connectivity index (χ4v) is 3.15. The lowest BCUT2D eigenvalue weighted by Crippen LogP contribution is -2.11. The lowest BCUT2D eigenvalue weighted by molar-refractivity contribution is 0.145. The molecule has 0 saturated carbocycles. The van der Waals surface area contributed by atoms with Gasteiger partial charge in [0.15, 0.2) is 11.6 Å². The van der Waals surface area contributed by atoms with Crippen molar-refractivity contribution in [2.75, 3.05) is 7.11 Å². The average molecular weight is 395 g/mol. The van der Waals surface area contributed by atoms with Crippen LogP contribution < -0.4 is 9.88 Å². The van der Waals surface area contributed by atoms with Gasteiger partial charge in [0.1, 0.15) is 5.69 Å². The molecule has 27 heavy (non-hydrogen) atoms. The normalized spacial score (nSPS) is 13.6. The minimum Gasteiger partial charge on any atom is -0.494 e. The first-order valence-electron chi connectivity index (χ1n) is 7.68. The smallest absolute Gasteiger partial charge is 0.282 e. The van der Waals surface area contributed by atoms with Crippen LogP contribution in [0.15, 0.2) is 53.4 Å². The van der Waals surface area contributed by atoms with E-state index in [9.17, 15) is 17.4 Å². The summed E-state index contributed by atoms with van der Waals surface area (Å²) in [5.41, 5.74) is 0.574. The van der Waals surface area contributed by atoms with Gasteiger partial charge in [0.25, 0.3) is 6.43 Å². The van der Waals surface area contributed by atoms with Crippen molar-refractivity contribution in [2.24, 2.45) is 5.14 Å². The summed E-state index contributed by atoms with van der Waals surface area (Å²) in [6.45, 7) is 0. The Bertz CT molecular complexity index is 1080. The van der Waals surface area contributed by atoms with Gasteiger partial charge in [-0.15, -0.1) is 0 Å². The number of aromatic nitrogens is 2. The summed E-state index contributed by atoms with van der Waals surface area (Å²) in [6.07, 6.45) is -2.80. The maximum atomic E-state index is 14.1. The van der Waals surface area contributed by atoms with Gasteiger partial charge in [-0.1, -0.05) is 0 Å². The van der Waals surface area contributed by atoms with Crippen LogP contribution in [0.2, 0.25) is 0 Å². The second kappa shape index (κ2) is 7.09. The van der Waals surface area contributed by atoms with Gasteiger partial charge in [-0.05, 0) is 54.4 Å². The standard InChI is InChI=1S/C18H16F3N3O2S/c1-26-17-8-3-11(9-14(17)19)16-10-15(18(20)21)23-24(16)12-4-6-13(7-5-12)27(2,22)25/h3-10,18H,2H2,1H3,(H2,22,25). The first-order valence-corrected chi connectivity index (χ1v) is 9.47. The second-order valence-corrected chi connectivity index (χ2v) is 7.66. The molecule has 3 aromatic rings. The number of hydrogen-bond acceptors (Lipinski definition) is 3. The van der Waals surface area contributed by atoms with Crippen molar-refractivity contribution < 1.29 is 22.1 Å². The summed E-state index contributed by atoms with van der Waals surface area (Å²) in [6, 6.07) is 11.3. The van der Waals surface area contributed by atoms with Gasteiger partial charge in [-0.2, -0.15) is 5.10 Å². The predicted molar refractivity (Wildman–Crippen MR) is 98.2 cm³/mol. The zero-order chi connectivity index (χ0) is 19.8. The number of nitrogens with two attached hydrogens (primary N) is 1. The first kappa shape index (κ1) is 19.0. The second-order valence-electron chi connectivity index (χ2n) is 5.74. The zero-order valence-corrected chi connectivity index (χ0v) is 15.1. The van der Waals surface area contributed by atoms with Crippen LogP contribution in [0.4, 0.5) is 13.2 Å². The molecule has 1 heterocycles. The molecule has 0 spiro atoms. The maximum absolute atomic E-state index is 14.1. The molecular formula is C18H16F3N3O2S. The van der Waals surface area contributed by atoms with Gasteiger partial charge in [0.2, 0.25) is 0 Å². The number of benzene rings is 2. The highest BCUT2D eigenvalue weighted by molar-refractivity contribution is 7.98. The van der Waals surface area contributed by atoms with Crippen LogP contribution >= 0.6 is 0 Å². The zero-order valence-electron chi connectivity index (χ0n) is 14.2. The summed E-state index contributed by atoms with van der Waals surface area (Å²) in [5.74, 6) is 2.80. The fourth-order valence-electron chi connectivity index (χ4n) is 2.55. The van der Waals surface area contributed by atoms with Crippen LogP contribution in [0.1, 0.15) is 12.1 Å². The fraction of sp³-hybridized carbons (Fsp3) is 0.111. The molecule has 0 aliphatic carbocycles. The summed E-state index contributed by atoms with van der Waals surface area (Å²) in [5, 5.41) is 9.41. The molecule has 142 valence electrons. The summed E-state index contributed by atoms with van der Waals surface area (Å²) in [4.78, 5) is 0.310. The minimum atomic E-state index is -2.90. The van der Waals surface area contributed by atoms with E-state index in [4.69, 9.17) is 9.88 Å². The highest BCUT2D eigenvalue weighted by Crippen LogP contribution is 2.31. The van der Waals surface area contributed by atoms with Crippen LogP contribution in [-0.4, -0.2) is 27.0 Å². The number of ether oxygens (including phenoxy) is 1. The van der Waals surface area contributed by atoms with Crippen LogP contribution in [0, 0.1) is 5.82 Å². The molecule has 0 aliphatic rings. The van der Waals surface area contributed by atoms with E-state index in [-0.39, 0.29) is 11.4 Å². The molecule has 0 bridgehead atoms. The van der Waals surface area contributed by atoms with E-state index in [1.807, 2.05) is 0 Å². The van der Waals surface area contributed by atoms with Crippen LogP contribution in [0.25, 0.3) is 16.9 Å². The highest BCUT2D eigenvalue weighted by atomic mass is 32.2. The molecule has 9 heteroatoms. The molecule has 0 fully saturated rings. The van der Waals surface area contributed by atoms with Gasteiger partial charge in [0.05, 0.1) is 28.2 Å². The van der Waals surface area contributed by atoms with E-state index in [0.717, 1.165) is 0 Å². The Morgan fingerprint density at radius 2 is 1.85 bits per heavy atom. The largest absolute Gasteiger partial charge is 0.494 e. The topological polar surface area (TPSA) is 70.1 Å². The van der Waals surface area contributed by atoms with Gasteiger partial charge in [-0.3, -0.25) is 5.14 Å². The summed E-state index contributed by atoms with van der Waals surface area (Å²) in [7, 11) is -1.57. The molecule has 1 atom stereocenters. The Hall–Kier alpha value is -2.78. The molecule has 5 nitrogen and oxygen atoms in total. The molecule has 0 saturated heterocycles. The monoisotopic (exact) mass is 395 g/mol. The van der Waals surface area contributed by atoms with Crippen LogP contribution in [-0.2, 0) is 9.71 Å². The van der Waals surface area contributed by atoms with E-state index < -0.39 is 27.6 Å². The lowest BCUT2D eigenvalue weighted by Gasteiger charge is -2.10. The Kier molecular flexibility index (Phi) is 4.99. The Morgan fingerprint density at radius 1 is 1.19 bits per heavy atom. The molecule has 2 N–H and O–H groups in total. The molecule has 3 rings (SSSR count). The molecule has 0 aliphatic heterocycles. The highest BCUT2D eigenvalue weighted by Gasteiger charge is 2.19. The van der Waals surface area contributed by atoms with Crippen molar-refractivity contribution in [2.45, 2.75) is 11.3 Å². The van der Waals surface area contributed by atoms with E-state index in [2.05, 4.69) is 11.0 Å². The Balaban J connectivity index is 2.14. The summed E-state index contributed by atoms with van der Waals surface area (Å²) >= 11 is 0. The third kappa shape index (κ3) is 3.83. The van der Waals surface area contributed by atoms with E-state index in [1.165, 1.54) is 54.3 Å². The molecule has 0 amide bonds. The van der Waals surface area contributed by atoms with Crippen molar-refractivity contribution in [3.63, 3.8) is 0 Å². The van der Waals surface area contributed by atoms with Gasteiger partial charge < -0.3 is 4.74 Å². The molecule has 1 unspecified atom stereocenters. The number of halogens is 3. The molecule has 0 radical (unpaired) electrons. The number of nitrogens with zero attached hydrogens (tertiary/aromatic N) is 2. The SMILES string of the molecule is C=S(N)(=O)c1ccc(-n2nc(C(F)F)cc2-c2ccc(OC)c(F)c2)cc1. The number of alkyl halides is 2. The van der Waals surface area contributed by atoms with Crippen molar-refractivity contribution >= 4 is 15.6 Å². The average Bonchev–Trinajstić information content (AvgIpc) is 3.06. The summed E-state index contributed by atoms with van der Waals surface area (Å²) < 4.78 is 58.4. The Labute approximate surface area is 154 Å². The van der Waals surface area contributed by atoms with Gasteiger partial charge in [-0.25, -0.2) is 22.1 Å². The number of methoxy groups -OCH3 is 1. The molecular weight excluding hydrogens is 379 g/mol. The van der Waals surface area contributed by atoms with Crippen molar-refractivity contribution in [1.29, 1.82) is 0 Å². The van der Waals surface area contributed by atoms with Crippen LogP contribution in [0.5, 0.6) is 5.75 Å². The van der Waals surface area contributed by atoms with Crippen molar-refractivity contribution in [3.8, 4) is 22.7 Å². The maximum Gasteiger partial charge on any atom is 0.282 e. The Morgan fingerprint density at radius 3 is 2.37 bits per heavy atom. The first-order chi connectivity index (χ1) is 12.7. The van der Waals surface area contributed by atoms with Crippen molar-refractivity contribution in [1.82, 2.24) is 9.78 Å². The van der Waals surface area contributed by atoms with Gasteiger partial charge in [0, 0.05) is 10.5 Å². The van der Waals surface area contributed by atoms with E-state index in [0.29, 0.717) is 16.1 Å². The predicted octanol–water partition coefficient (Wildman–Crippen LogP) is 3.57. The number of rotatable bonds is 5. The third-order valence-corrected chi connectivity index (χ3v) is 4.95. The van der Waals surface area contributed by atoms with Gasteiger partial charge >= 0.3 is 0 Å². The lowest BCUT2D eigenvalue weighted by atomic mass is 10.1.